The maximum Gasteiger partial charge on any atom is 0.296 e. The minimum Gasteiger partial charge on any atom is -0.459 e. The molecule has 0 spiro atoms. The predicted molar refractivity (Wildman–Crippen MR) is 91.6 cm³/mol. The van der Waals surface area contributed by atoms with E-state index in [1.165, 1.54) is 29.4 Å². The summed E-state index contributed by atoms with van der Waals surface area (Å²) in [6.45, 7) is 2.78. The van der Waals surface area contributed by atoms with Crippen molar-refractivity contribution in [1.29, 1.82) is 0 Å². The van der Waals surface area contributed by atoms with Crippen LogP contribution in [0.2, 0.25) is 0 Å². The molecule has 7 nitrogen and oxygen atoms in total. The number of aliphatic hydroxyl groups is 1. The normalized spacial score (nSPS) is 24.5. The number of benzene rings is 1. The maximum atomic E-state index is 13.5. The Morgan fingerprint density at radius 1 is 1.19 bits per heavy atom. The first-order valence-electron chi connectivity index (χ1n) is 8.73. The molecule has 4 rings (SSSR count). The lowest BCUT2D eigenvalue weighted by atomic mass is 9.93. The molecular weight excluding hydrogens is 355 g/mol. The van der Waals surface area contributed by atoms with E-state index in [-0.39, 0.29) is 24.8 Å². The third kappa shape index (κ3) is 2.86. The lowest BCUT2D eigenvalue weighted by Gasteiger charge is -2.38. The number of nitrogens with zero attached hydrogens (tertiary/aromatic N) is 2. The monoisotopic (exact) mass is 374 g/mol. The highest BCUT2D eigenvalue weighted by Crippen LogP contribution is 2.44. The van der Waals surface area contributed by atoms with Crippen LogP contribution in [0.25, 0.3) is 0 Å². The van der Waals surface area contributed by atoms with Gasteiger partial charge in [-0.25, -0.2) is 4.39 Å². The quantitative estimate of drug-likeness (QED) is 0.863. The van der Waals surface area contributed by atoms with Crippen LogP contribution in [0.1, 0.15) is 29.0 Å². The molecule has 1 N–H and O–H groups in total. The van der Waals surface area contributed by atoms with Gasteiger partial charge in [-0.15, -0.1) is 0 Å². The maximum absolute atomic E-state index is 13.5. The molecule has 2 atom stereocenters. The van der Waals surface area contributed by atoms with Crippen molar-refractivity contribution >= 4 is 11.8 Å². The first kappa shape index (κ1) is 17.5. The average Bonchev–Trinajstić information content (AvgIpc) is 3.30. The Bertz CT molecular complexity index is 876. The Labute approximate surface area is 154 Å². The molecule has 0 unspecified atom stereocenters. The number of halogens is 1. The second-order valence-corrected chi connectivity index (χ2v) is 6.76. The summed E-state index contributed by atoms with van der Waals surface area (Å²) < 4.78 is 24.1. The zero-order chi connectivity index (χ0) is 19.2. The molecule has 27 heavy (non-hydrogen) atoms. The molecule has 8 heteroatoms. The summed E-state index contributed by atoms with van der Waals surface area (Å²) in [7, 11) is 0. The van der Waals surface area contributed by atoms with Crippen LogP contribution in [0, 0.1) is 5.82 Å². The summed E-state index contributed by atoms with van der Waals surface area (Å²) in [5.74, 6) is -3.52. The van der Waals surface area contributed by atoms with Crippen molar-refractivity contribution < 1.29 is 28.2 Å². The molecule has 2 aromatic rings. The van der Waals surface area contributed by atoms with Crippen LogP contribution in [0.3, 0.4) is 0 Å². The Morgan fingerprint density at radius 2 is 1.89 bits per heavy atom. The summed E-state index contributed by atoms with van der Waals surface area (Å²) in [5.41, 5.74) is 0.456. The van der Waals surface area contributed by atoms with Gasteiger partial charge in [-0.05, 0) is 30.3 Å². The average molecular weight is 374 g/mol. The SMILES string of the molecule is C[C@H]1c2cc(F)ccc2O[C@]1(O)C(=O)N1CCN(C(=O)c2ccco2)CC1. The predicted octanol–water partition coefficient (Wildman–Crippen LogP) is 1.59. The van der Waals surface area contributed by atoms with Gasteiger partial charge in [-0.1, -0.05) is 6.92 Å². The Hall–Kier alpha value is -2.87. The number of amides is 2. The minimum atomic E-state index is -2.08. The minimum absolute atomic E-state index is 0.237. The highest BCUT2D eigenvalue weighted by atomic mass is 19.1. The summed E-state index contributed by atoms with van der Waals surface area (Å²) in [4.78, 5) is 28.3. The van der Waals surface area contributed by atoms with Crippen LogP contribution in [-0.2, 0) is 4.79 Å². The molecule has 1 saturated heterocycles. The van der Waals surface area contributed by atoms with E-state index in [4.69, 9.17) is 9.15 Å². The fourth-order valence-electron chi connectivity index (χ4n) is 3.54. The summed E-state index contributed by atoms with van der Waals surface area (Å²) in [6.07, 6.45) is 1.43. The first-order valence-corrected chi connectivity index (χ1v) is 8.73. The van der Waals surface area contributed by atoms with E-state index >= 15 is 0 Å². The zero-order valence-electron chi connectivity index (χ0n) is 14.7. The van der Waals surface area contributed by atoms with E-state index in [9.17, 15) is 19.1 Å². The lowest BCUT2D eigenvalue weighted by molar-refractivity contribution is -0.187. The van der Waals surface area contributed by atoms with E-state index in [0.717, 1.165) is 0 Å². The van der Waals surface area contributed by atoms with Crippen molar-refractivity contribution in [1.82, 2.24) is 9.80 Å². The van der Waals surface area contributed by atoms with Gasteiger partial charge in [0.2, 0.25) is 0 Å². The van der Waals surface area contributed by atoms with Crippen molar-refractivity contribution in [3.63, 3.8) is 0 Å². The van der Waals surface area contributed by atoms with E-state index in [1.807, 2.05) is 0 Å². The van der Waals surface area contributed by atoms with E-state index in [1.54, 1.807) is 24.0 Å². The number of hydrogen-bond donors (Lipinski definition) is 1. The second-order valence-electron chi connectivity index (χ2n) is 6.76. The van der Waals surface area contributed by atoms with E-state index < -0.39 is 23.4 Å². The molecule has 0 saturated carbocycles. The molecule has 2 aliphatic heterocycles. The van der Waals surface area contributed by atoms with Crippen LogP contribution in [-0.4, -0.2) is 58.7 Å². The summed E-state index contributed by atoms with van der Waals surface area (Å²) in [6, 6.07) is 7.13. The van der Waals surface area contributed by atoms with Crippen LogP contribution in [0.15, 0.2) is 41.0 Å². The molecule has 142 valence electrons. The Morgan fingerprint density at radius 3 is 2.56 bits per heavy atom. The van der Waals surface area contributed by atoms with Crippen LogP contribution in [0.4, 0.5) is 4.39 Å². The van der Waals surface area contributed by atoms with Crippen molar-refractivity contribution in [2.75, 3.05) is 26.2 Å². The zero-order valence-corrected chi connectivity index (χ0v) is 14.7. The number of piperazine rings is 1. The van der Waals surface area contributed by atoms with Crippen LogP contribution in [0.5, 0.6) is 5.75 Å². The number of fused-ring (bicyclic) bond motifs is 1. The molecule has 3 heterocycles. The van der Waals surface area contributed by atoms with Crippen molar-refractivity contribution in [2.45, 2.75) is 18.6 Å². The molecular formula is C19H19FN2O5. The van der Waals surface area contributed by atoms with Gasteiger partial charge in [-0.2, -0.15) is 0 Å². The van der Waals surface area contributed by atoms with Gasteiger partial charge in [0.05, 0.1) is 12.2 Å². The third-order valence-corrected chi connectivity index (χ3v) is 5.18. The largest absolute Gasteiger partial charge is 0.459 e. The molecule has 0 bridgehead atoms. The van der Waals surface area contributed by atoms with Crippen LogP contribution < -0.4 is 4.74 Å². The molecule has 0 aliphatic carbocycles. The standard InChI is InChI=1S/C19H19FN2O5/c1-12-14-11-13(20)4-5-15(14)27-19(12,25)18(24)22-8-6-21(7-9-22)17(23)16-3-2-10-26-16/h2-5,10-12,25H,6-9H2,1H3/t12-,19-/m0/s1. The number of carbonyl (C=O) groups excluding carboxylic acids is 2. The van der Waals surface area contributed by atoms with Gasteiger partial charge in [-0.3, -0.25) is 9.59 Å². The van der Waals surface area contributed by atoms with Crippen molar-refractivity contribution in [2.24, 2.45) is 0 Å². The summed E-state index contributed by atoms with van der Waals surface area (Å²) >= 11 is 0. The van der Waals surface area contributed by atoms with Crippen molar-refractivity contribution in [3.8, 4) is 5.75 Å². The molecule has 1 aromatic carbocycles. The first-order chi connectivity index (χ1) is 12.9. The topological polar surface area (TPSA) is 83.2 Å². The van der Waals surface area contributed by atoms with Gasteiger partial charge in [0.15, 0.2) is 5.76 Å². The highest BCUT2D eigenvalue weighted by Gasteiger charge is 2.53. The molecule has 2 amide bonds. The number of hydrogen-bond acceptors (Lipinski definition) is 5. The van der Waals surface area contributed by atoms with Crippen molar-refractivity contribution in [3.05, 3.63) is 53.7 Å². The second kappa shape index (κ2) is 6.38. The third-order valence-electron chi connectivity index (χ3n) is 5.18. The molecule has 1 aromatic heterocycles. The fraction of sp³-hybridized carbons (Fsp3) is 0.368. The molecule has 2 aliphatic rings. The van der Waals surface area contributed by atoms with Gasteiger partial charge in [0.25, 0.3) is 17.6 Å². The fourth-order valence-corrected chi connectivity index (χ4v) is 3.54. The number of furan rings is 1. The number of rotatable bonds is 2. The van der Waals surface area contributed by atoms with Gasteiger partial charge in [0, 0.05) is 31.7 Å². The lowest BCUT2D eigenvalue weighted by Crippen LogP contribution is -2.59. The Balaban J connectivity index is 1.45. The molecule has 0 radical (unpaired) electrons. The number of carbonyl (C=O) groups is 2. The van der Waals surface area contributed by atoms with Gasteiger partial charge >= 0.3 is 0 Å². The Kier molecular flexibility index (Phi) is 4.15. The van der Waals surface area contributed by atoms with Gasteiger partial charge < -0.3 is 24.1 Å². The van der Waals surface area contributed by atoms with Gasteiger partial charge in [0.1, 0.15) is 11.6 Å². The van der Waals surface area contributed by atoms with E-state index in [2.05, 4.69) is 0 Å². The van der Waals surface area contributed by atoms with Crippen LogP contribution >= 0.6 is 0 Å². The number of ether oxygens (including phenoxy) is 1. The highest BCUT2D eigenvalue weighted by molar-refractivity contribution is 5.92. The molecule has 1 fully saturated rings. The smallest absolute Gasteiger partial charge is 0.296 e. The van der Waals surface area contributed by atoms with E-state index in [0.29, 0.717) is 24.4 Å². The summed E-state index contributed by atoms with van der Waals surface area (Å²) in [5, 5.41) is 10.9.